The summed E-state index contributed by atoms with van der Waals surface area (Å²) in [6.07, 6.45) is 0. The van der Waals surface area contributed by atoms with Gasteiger partial charge in [-0.15, -0.1) is 11.3 Å². The highest BCUT2D eigenvalue weighted by Crippen LogP contribution is 2.36. The maximum atomic E-state index is 11.6. The van der Waals surface area contributed by atoms with Crippen LogP contribution < -0.4 is 4.74 Å². The number of rotatable bonds is 2. The molecule has 2 aromatic heterocycles. The van der Waals surface area contributed by atoms with Gasteiger partial charge in [-0.25, -0.2) is 9.78 Å². The second-order valence-electron chi connectivity index (χ2n) is 4.46. The van der Waals surface area contributed by atoms with Gasteiger partial charge in [0.25, 0.3) is 0 Å². The molecular formula is C15H13NO3S. The fourth-order valence-electron chi connectivity index (χ4n) is 2.28. The number of hydrogen-bond donors (Lipinski definition) is 0. The van der Waals surface area contributed by atoms with Crippen LogP contribution in [-0.2, 0) is 4.74 Å². The Labute approximate surface area is 120 Å². The van der Waals surface area contributed by atoms with Crippen LogP contribution in [0.15, 0.2) is 24.3 Å². The van der Waals surface area contributed by atoms with Crippen molar-refractivity contribution in [3.8, 4) is 5.75 Å². The summed E-state index contributed by atoms with van der Waals surface area (Å²) in [6, 6.07) is 7.70. The first-order chi connectivity index (χ1) is 9.63. The van der Waals surface area contributed by atoms with Gasteiger partial charge in [-0.05, 0) is 36.8 Å². The average molecular weight is 287 g/mol. The van der Waals surface area contributed by atoms with Gasteiger partial charge in [-0.3, -0.25) is 0 Å². The maximum absolute atomic E-state index is 11.6. The van der Waals surface area contributed by atoms with Crippen molar-refractivity contribution >= 4 is 37.6 Å². The Kier molecular flexibility index (Phi) is 3.06. The van der Waals surface area contributed by atoms with Gasteiger partial charge in [-0.1, -0.05) is 0 Å². The molecule has 0 amide bonds. The molecule has 0 fully saturated rings. The number of thiophene rings is 1. The summed E-state index contributed by atoms with van der Waals surface area (Å²) in [5.41, 5.74) is 1.35. The molecule has 0 aliphatic rings. The third-order valence-corrected chi connectivity index (χ3v) is 4.31. The molecule has 4 nitrogen and oxygen atoms in total. The van der Waals surface area contributed by atoms with Gasteiger partial charge in [-0.2, -0.15) is 0 Å². The number of methoxy groups -OCH3 is 2. The number of esters is 1. The summed E-state index contributed by atoms with van der Waals surface area (Å²) in [4.78, 5) is 16.9. The summed E-state index contributed by atoms with van der Waals surface area (Å²) in [7, 11) is 3.01. The topological polar surface area (TPSA) is 48.4 Å². The van der Waals surface area contributed by atoms with Gasteiger partial charge >= 0.3 is 5.97 Å². The van der Waals surface area contributed by atoms with Crippen LogP contribution in [0.2, 0.25) is 0 Å². The van der Waals surface area contributed by atoms with Crippen LogP contribution >= 0.6 is 11.3 Å². The number of fused-ring (bicyclic) bond motifs is 3. The Balaban J connectivity index is 2.34. The van der Waals surface area contributed by atoms with E-state index in [1.54, 1.807) is 24.5 Å². The van der Waals surface area contributed by atoms with Crippen LogP contribution in [0.3, 0.4) is 0 Å². The average Bonchev–Trinajstić information content (AvgIpc) is 2.83. The van der Waals surface area contributed by atoms with Gasteiger partial charge in [0.1, 0.15) is 16.3 Å². The quantitative estimate of drug-likeness (QED) is 0.676. The normalized spacial score (nSPS) is 10.9. The number of pyridine rings is 1. The van der Waals surface area contributed by atoms with Crippen molar-refractivity contribution in [2.24, 2.45) is 0 Å². The molecule has 20 heavy (non-hydrogen) atoms. The number of carbonyl (C=O) groups excluding carboxylic acids is 1. The lowest BCUT2D eigenvalue weighted by atomic mass is 10.1. The summed E-state index contributed by atoms with van der Waals surface area (Å²) < 4.78 is 11.1. The minimum atomic E-state index is -0.412. The molecule has 3 rings (SSSR count). The first-order valence-corrected chi connectivity index (χ1v) is 6.92. The number of aryl methyl sites for hydroxylation is 1. The Bertz CT molecular complexity index is 823. The van der Waals surface area contributed by atoms with E-state index in [1.807, 2.05) is 25.1 Å². The van der Waals surface area contributed by atoms with Crippen molar-refractivity contribution < 1.29 is 14.3 Å². The molecule has 102 valence electrons. The first-order valence-electron chi connectivity index (χ1n) is 6.10. The van der Waals surface area contributed by atoms with Crippen LogP contribution in [0.5, 0.6) is 5.75 Å². The molecule has 0 aliphatic carbocycles. The predicted octanol–water partition coefficient (Wildman–Crippen LogP) is 3.55. The van der Waals surface area contributed by atoms with Crippen LogP contribution in [0.25, 0.3) is 20.3 Å². The highest BCUT2D eigenvalue weighted by atomic mass is 32.1. The van der Waals surface area contributed by atoms with Gasteiger partial charge < -0.3 is 9.47 Å². The predicted molar refractivity (Wildman–Crippen MR) is 79.8 cm³/mol. The monoisotopic (exact) mass is 287 g/mol. The number of aromatic nitrogens is 1. The second-order valence-corrected chi connectivity index (χ2v) is 5.49. The van der Waals surface area contributed by atoms with Crippen molar-refractivity contribution in [2.75, 3.05) is 14.2 Å². The van der Waals surface area contributed by atoms with E-state index in [2.05, 4.69) is 4.98 Å². The molecule has 5 heteroatoms. The zero-order valence-electron chi connectivity index (χ0n) is 11.4. The number of hydrogen-bond acceptors (Lipinski definition) is 5. The lowest BCUT2D eigenvalue weighted by molar-refractivity contribution is 0.0594. The van der Waals surface area contributed by atoms with E-state index in [9.17, 15) is 4.79 Å². The Morgan fingerprint density at radius 2 is 2.05 bits per heavy atom. The molecule has 0 aliphatic heterocycles. The fourth-order valence-corrected chi connectivity index (χ4v) is 3.41. The maximum Gasteiger partial charge on any atom is 0.356 e. The van der Waals surface area contributed by atoms with Crippen molar-refractivity contribution in [2.45, 2.75) is 6.92 Å². The van der Waals surface area contributed by atoms with Gasteiger partial charge in [0.2, 0.25) is 0 Å². The Morgan fingerprint density at radius 1 is 1.25 bits per heavy atom. The SMILES string of the molecule is COC(=O)c1cc(C)c2c(n1)sc1ccc(OC)cc12. The first kappa shape index (κ1) is 12.9. The highest BCUT2D eigenvalue weighted by molar-refractivity contribution is 7.25. The lowest BCUT2D eigenvalue weighted by Crippen LogP contribution is -2.04. The molecule has 0 N–H and O–H groups in total. The van der Waals surface area contributed by atoms with Crippen molar-refractivity contribution in [1.82, 2.24) is 4.98 Å². The largest absolute Gasteiger partial charge is 0.497 e. The fraction of sp³-hybridized carbons (Fsp3) is 0.200. The van der Waals surface area contributed by atoms with E-state index < -0.39 is 5.97 Å². The van der Waals surface area contributed by atoms with Crippen molar-refractivity contribution in [3.63, 3.8) is 0 Å². The molecule has 0 bridgehead atoms. The number of ether oxygens (including phenoxy) is 2. The summed E-state index contributed by atoms with van der Waals surface area (Å²) >= 11 is 1.56. The van der Waals surface area contributed by atoms with E-state index >= 15 is 0 Å². The molecule has 0 saturated carbocycles. The smallest absolute Gasteiger partial charge is 0.356 e. The second kappa shape index (κ2) is 4.76. The molecule has 0 atom stereocenters. The lowest BCUT2D eigenvalue weighted by Gasteiger charge is -2.03. The van der Waals surface area contributed by atoms with Crippen molar-refractivity contribution in [1.29, 1.82) is 0 Å². The van der Waals surface area contributed by atoms with E-state index in [1.165, 1.54) is 7.11 Å². The Hall–Kier alpha value is -2.14. The standard InChI is InChI=1S/C15H13NO3S/c1-8-6-11(15(17)19-3)16-14-13(8)10-7-9(18-2)4-5-12(10)20-14/h4-7H,1-3H3. The van der Waals surface area contributed by atoms with Gasteiger partial charge in [0, 0.05) is 15.5 Å². The number of carbonyl (C=O) groups is 1. The summed E-state index contributed by atoms with van der Waals surface area (Å²) in [5, 5.41) is 2.17. The van der Waals surface area contributed by atoms with Gasteiger partial charge in [0.05, 0.1) is 14.2 Å². The minimum Gasteiger partial charge on any atom is -0.497 e. The third-order valence-electron chi connectivity index (χ3n) is 3.24. The van der Waals surface area contributed by atoms with E-state index in [-0.39, 0.29) is 0 Å². The molecule has 1 aromatic carbocycles. The van der Waals surface area contributed by atoms with E-state index in [0.29, 0.717) is 5.69 Å². The molecular weight excluding hydrogens is 274 g/mol. The summed E-state index contributed by atoms with van der Waals surface area (Å²) in [5.74, 6) is 0.402. The van der Waals surface area contributed by atoms with Crippen LogP contribution in [-0.4, -0.2) is 25.2 Å². The zero-order valence-corrected chi connectivity index (χ0v) is 12.2. The van der Waals surface area contributed by atoms with E-state index in [4.69, 9.17) is 9.47 Å². The van der Waals surface area contributed by atoms with Crippen LogP contribution in [0.4, 0.5) is 0 Å². The summed E-state index contributed by atoms with van der Waals surface area (Å²) in [6.45, 7) is 1.97. The molecule has 0 saturated heterocycles. The molecule has 3 aromatic rings. The third kappa shape index (κ3) is 1.91. The van der Waals surface area contributed by atoms with Crippen LogP contribution in [0, 0.1) is 6.92 Å². The van der Waals surface area contributed by atoms with Crippen LogP contribution in [0.1, 0.15) is 16.1 Å². The molecule has 2 heterocycles. The molecule has 0 spiro atoms. The van der Waals surface area contributed by atoms with Crippen molar-refractivity contribution in [3.05, 3.63) is 35.5 Å². The number of nitrogens with zero attached hydrogens (tertiary/aromatic N) is 1. The Morgan fingerprint density at radius 3 is 2.75 bits per heavy atom. The van der Waals surface area contributed by atoms with E-state index in [0.717, 1.165) is 31.6 Å². The molecule has 0 unspecified atom stereocenters. The minimum absolute atomic E-state index is 0.344. The highest BCUT2D eigenvalue weighted by Gasteiger charge is 2.15. The molecule has 0 radical (unpaired) electrons. The van der Waals surface area contributed by atoms with Gasteiger partial charge in [0.15, 0.2) is 0 Å². The zero-order chi connectivity index (χ0) is 14.3. The number of benzene rings is 1.